The number of halogens is 5. The van der Waals surface area contributed by atoms with Gasteiger partial charge in [-0.1, -0.05) is 6.07 Å². The van der Waals surface area contributed by atoms with E-state index in [9.17, 15) is 17.6 Å². The number of rotatable bonds is 3. The van der Waals surface area contributed by atoms with Crippen molar-refractivity contribution in [1.82, 2.24) is 0 Å². The lowest BCUT2D eigenvalue weighted by Crippen LogP contribution is -2.15. The van der Waals surface area contributed by atoms with E-state index in [2.05, 4.69) is 0 Å². The highest BCUT2D eigenvalue weighted by atomic mass is 35.5. The van der Waals surface area contributed by atoms with Crippen LogP contribution in [0, 0.1) is 5.82 Å². The van der Waals surface area contributed by atoms with Crippen molar-refractivity contribution in [2.75, 3.05) is 6.61 Å². The molecule has 1 rings (SSSR count). The van der Waals surface area contributed by atoms with Crippen LogP contribution in [0.5, 0.6) is 0 Å². The van der Waals surface area contributed by atoms with Crippen LogP contribution < -0.4 is 5.73 Å². The SMILES string of the molecule is Cl.N[C@@H](CCO)c1ccc(C(F)(F)F)cc1F. The molecule has 0 heterocycles. The van der Waals surface area contributed by atoms with E-state index in [1.807, 2.05) is 0 Å². The first-order valence-corrected chi connectivity index (χ1v) is 4.59. The van der Waals surface area contributed by atoms with E-state index in [0.29, 0.717) is 6.07 Å². The zero-order chi connectivity index (χ0) is 12.3. The third-order valence-corrected chi connectivity index (χ3v) is 2.17. The molecule has 0 aliphatic rings. The first-order valence-electron chi connectivity index (χ1n) is 4.59. The Balaban J connectivity index is 0.00000256. The number of benzene rings is 1. The van der Waals surface area contributed by atoms with Gasteiger partial charge in [0.05, 0.1) is 5.56 Å². The standard InChI is InChI=1S/C10H11F4NO.ClH/c11-8-5-6(10(12,13)14)1-2-7(8)9(15)3-4-16;/h1-2,5,9,16H,3-4,15H2;1H/t9-;/m0./s1. The Bertz CT molecular complexity index is 370. The smallest absolute Gasteiger partial charge is 0.396 e. The van der Waals surface area contributed by atoms with Crippen molar-refractivity contribution in [2.45, 2.75) is 18.6 Å². The van der Waals surface area contributed by atoms with E-state index in [-0.39, 0.29) is 31.0 Å². The van der Waals surface area contributed by atoms with E-state index in [1.54, 1.807) is 0 Å². The maximum absolute atomic E-state index is 13.3. The summed E-state index contributed by atoms with van der Waals surface area (Å²) in [7, 11) is 0. The van der Waals surface area contributed by atoms with Crippen LogP contribution in [0.1, 0.15) is 23.6 Å². The van der Waals surface area contributed by atoms with Crippen molar-refractivity contribution in [2.24, 2.45) is 5.73 Å². The van der Waals surface area contributed by atoms with Gasteiger partial charge < -0.3 is 10.8 Å². The Kier molecular flexibility index (Phi) is 5.87. The molecule has 3 N–H and O–H groups in total. The van der Waals surface area contributed by atoms with Gasteiger partial charge in [-0.25, -0.2) is 4.39 Å². The predicted octanol–water partition coefficient (Wildman–Crippen LogP) is 2.65. The second kappa shape index (κ2) is 6.18. The highest BCUT2D eigenvalue weighted by Gasteiger charge is 2.31. The highest BCUT2D eigenvalue weighted by molar-refractivity contribution is 5.85. The number of alkyl halides is 3. The minimum absolute atomic E-state index is 0. The summed E-state index contributed by atoms with van der Waals surface area (Å²) in [6.45, 7) is -0.248. The summed E-state index contributed by atoms with van der Waals surface area (Å²) in [5, 5.41) is 8.59. The summed E-state index contributed by atoms with van der Waals surface area (Å²) in [6, 6.07) is 1.38. The summed E-state index contributed by atoms with van der Waals surface area (Å²) < 4.78 is 49.9. The maximum atomic E-state index is 13.3. The molecule has 2 nitrogen and oxygen atoms in total. The fourth-order valence-corrected chi connectivity index (χ4v) is 1.30. The summed E-state index contributed by atoms with van der Waals surface area (Å²) in [6.07, 6.45) is -4.47. The summed E-state index contributed by atoms with van der Waals surface area (Å²) in [5.41, 5.74) is 4.41. The third kappa shape index (κ3) is 4.14. The van der Waals surface area contributed by atoms with Crippen molar-refractivity contribution < 1.29 is 22.7 Å². The fourth-order valence-electron chi connectivity index (χ4n) is 1.30. The minimum Gasteiger partial charge on any atom is -0.396 e. The second-order valence-corrected chi connectivity index (χ2v) is 3.35. The van der Waals surface area contributed by atoms with Gasteiger partial charge in [0.25, 0.3) is 0 Å². The molecule has 0 aliphatic heterocycles. The van der Waals surface area contributed by atoms with Crippen LogP contribution in [0.4, 0.5) is 17.6 Å². The molecule has 0 unspecified atom stereocenters. The molecule has 0 aromatic heterocycles. The molecule has 17 heavy (non-hydrogen) atoms. The van der Waals surface area contributed by atoms with Crippen LogP contribution in [0.15, 0.2) is 18.2 Å². The predicted molar refractivity (Wildman–Crippen MR) is 57.3 cm³/mol. The van der Waals surface area contributed by atoms with Crippen molar-refractivity contribution in [3.05, 3.63) is 35.1 Å². The third-order valence-electron chi connectivity index (χ3n) is 2.17. The number of hydrogen-bond donors (Lipinski definition) is 2. The van der Waals surface area contributed by atoms with E-state index in [4.69, 9.17) is 10.8 Å². The number of aliphatic hydroxyl groups excluding tert-OH is 1. The lowest BCUT2D eigenvalue weighted by molar-refractivity contribution is -0.137. The molecular formula is C10H12ClF4NO. The Hall–Kier alpha value is -0.850. The molecule has 0 saturated carbocycles. The van der Waals surface area contributed by atoms with Gasteiger partial charge in [-0.15, -0.1) is 12.4 Å². The molecule has 98 valence electrons. The molecule has 0 spiro atoms. The first-order chi connectivity index (χ1) is 7.36. The summed E-state index contributed by atoms with van der Waals surface area (Å²) >= 11 is 0. The van der Waals surface area contributed by atoms with E-state index < -0.39 is 23.6 Å². The monoisotopic (exact) mass is 273 g/mol. The van der Waals surface area contributed by atoms with Crippen molar-refractivity contribution in [3.63, 3.8) is 0 Å². The van der Waals surface area contributed by atoms with Gasteiger partial charge in [-0.05, 0) is 18.6 Å². The molecule has 0 bridgehead atoms. The van der Waals surface area contributed by atoms with Crippen molar-refractivity contribution in [3.8, 4) is 0 Å². The van der Waals surface area contributed by atoms with E-state index >= 15 is 0 Å². The van der Waals surface area contributed by atoms with Crippen molar-refractivity contribution in [1.29, 1.82) is 0 Å². The summed E-state index contributed by atoms with van der Waals surface area (Å²) in [4.78, 5) is 0. The average molecular weight is 274 g/mol. The van der Waals surface area contributed by atoms with E-state index in [1.165, 1.54) is 0 Å². The molecule has 0 fully saturated rings. The van der Waals surface area contributed by atoms with Crippen LogP contribution in [0.25, 0.3) is 0 Å². The van der Waals surface area contributed by atoms with Gasteiger partial charge in [-0.2, -0.15) is 13.2 Å². The van der Waals surface area contributed by atoms with Gasteiger partial charge in [-0.3, -0.25) is 0 Å². The molecule has 1 aromatic rings. The zero-order valence-electron chi connectivity index (χ0n) is 8.67. The Morgan fingerprint density at radius 2 is 1.88 bits per heavy atom. The molecule has 7 heteroatoms. The molecule has 0 amide bonds. The van der Waals surface area contributed by atoms with Gasteiger partial charge >= 0.3 is 6.18 Å². The lowest BCUT2D eigenvalue weighted by atomic mass is 10.0. The first kappa shape index (κ1) is 16.1. The van der Waals surface area contributed by atoms with Crippen LogP contribution in [0.3, 0.4) is 0 Å². The van der Waals surface area contributed by atoms with Gasteiger partial charge in [0.2, 0.25) is 0 Å². The lowest BCUT2D eigenvalue weighted by Gasteiger charge is -2.13. The number of hydrogen-bond acceptors (Lipinski definition) is 2. The second-order valence-electron chi connectivity index (χ2n) is 3.35. The molecule has 1 atom stereocenters. The fraction of sp³-hybridized carbons (Fsp3) is 0.400. The molecule has 0 radical (unpaired) electrons. The number of nitrogens with two attached hydrogens (primary N) is 1. The van der Waals surface area contributed by atoms with Crippen LogP contribution in [-0.4, -0.2) is 11.7 Å². The Morgan fingerprint density at radius 3 is 2.29 bits per heavy atom. The van der Waals surface area contributed by atoms with E-state index in [0.717, 1.165) is 12.1 Å². The Morgan fingerprint density at radius 1 is 1.29 bits per heavy atom. The normalized spacial score (nSPS) is 13.1. The van der Waals surface area contributed by atoms with Crippen LogP contribution in [-0.2, 0) is 6.18 Å². The summed E-state index contributed by atoms with van der Waals surface area (Å²) in [5.74, 6) is -1.00. The van der Waals surface area contributed by atoms with Crippen molar-refractivity contribution >= 4 is 12.4 Å². The largest absolute Gasteiger partial charge is 0.416 e. The molecule has 0 aliphatic carbocycles. The highest BCUT2D eigenvalue weighted by Crippen LogP contribution is 2.31. The van der Waals surface area contributed by atoms with Gasteiger partial charge in [0, 0.05) is 18.2 Å². The van der Waals surface area contributed by atoms with Crippen LogP contribution >= 0.6 is 12.4 Å². The maximum Gasteiger partial charge on any atom is 0.416 e. The van der Waals surface area contributed by atoms with Gasteiger partial charge in [0.15, 0.2) is 0 Å². The number of aliphatic hydroxyl groups is 1. The molecular weight excluding hydrogens is 262 g/mol. The Labute approximate surface area is 102 Å². The van der Waals surface area contributed by atoms with Crippen LogP contribution in [0.2, 0.25) is 0 Å². The molecule has 1 aromatic carbocycles. The quantitative estimate of drug-likeness (QED) is 0.832. The average Bonchev–Trinajstić information content (AvgIpc) is 2.16. The van der Waals surface area contributed by atoms with Gasteiger partial charge in [0.1, 0.15) is 5.82 Å². The minimum atomic E-state index is -4.57. The topological polar surface area (TPSA) is 46.2 Å². The zero-order valence-corrected chi connectivity index (χ0v) is 9.48. The molecule has 0 saturated heterocycles.